The van der Waals surface area contributed by atoms with Gasteiger partial charge in [0.2, 0.25) is 0 Å². The molecule has 0 saturated heterocycles. The normalized spacial score (nSPS) is 26.5. The van der Waals surface area contributed by atoms with Crippen LogP contribution in [-0.2, 0) is 0 Å². The van der Waals surface area contributed by atoms with Crippen LogP contribution in [0.3, 0.4) is 0 Å². The maximum atomic E-state index is 6.36. The monoisotopic (exact) mass is 606 g/mol. The second kappa shape index (κ2) is 13.8. The lowest BCUT2D eigenvalue weighted by molar-refractivity contribution is 0.586. The summed E-state index contributed by atoms with van der Waals surface area (Å²) in [6.45, 7) is 3.38. The standard InChI is InChI=1S/C14H18Cl12/c1-3(15)5(17)7(19)9(21)11(23)13(25)14(26)12(24)10(22)8(20)6(18)4(2)16/h3-14H,1-2H3. The van der Waals surface area contributed by atoms with Gasteiger partial charge < -0.3 is 0 Å². The Morgan fingerprint density at radius 2 is 0.385 bits per heavy atom. The largest absolute Gasteiger partial charge is 0.122 e. The fraction of sp³-hybridized carbons (Fsp3) is 1.00. The third-order valence-electron chi connectivity index (χ3n) is 3.62. The molecule has 0 rings (SSSR count). The molecule has 0 nitrogen and oxygen atoms in total. The van der Waals surface area contributed by atoms with Crippen molar-refractivity contribution >= 4 is 139 Å². The summed E-state index contributed by atoms with van der Waals surface area (Å²) in [5.41, 5.74) is 0. The first kappa shape index (κ1) is 29.5. The van der Waals surface area contributed by atoms with Crippen molar-refractivity contribution in [2.75, 3.05) is 0 Å². The van der Waals surface area contributed by atoms with Crippen LogP contribution < -0.4 is 0 Å². The van der Waals surface area contributed by atoms with Crippen LogP contribution in [-0.4, -0.2) is 64.5 Å². The maximum Gasteiger partial charge on any atom is 0.0693 e. The molecule has 0 bridgehead atoms. The molecular formula is C14H18Cl12. The molecule has 158 valence electrons. The van der Waals surface area contributed by atoms with Gasteiger partial charge in [0, 0.05) is 10.8 Å². The van der Waals surface area contributed by atoms with Crippen molar-refractivity contribution in [2.45, 2.75) is 78.4 Å². The fourth-order valence-corrected chi connectivity index (χ4v) is 5.91. The number of halogens is 12. The van der Waals surface area contributed by atoms with E-state index in [-0.39, 0.29) is 0 Å². The van der Waals surface area contributed by atoms with E-state index in [4.69, 9.17) is 139 Å². The predicted molar refractivity (Wildman–Crippen MR) is 127 cm³/mol. The lowest BCUT2D eigenvalue weighted by Gasteiger charge is -2.33. The van der Waals surface area contributed by atoms with Gasteiger partial charge in [-0.05, 0) is 13.8 Å². The van der Waals surface area contributed by atoms with E-state index in [1.807, 2.05) is 0 Å². The zero-order valence-electron chi connectivity index (χ0n) is 13.5. The Kier molecular flexibility index (Phi) is 15.6. The van der Waals surface area contributed by atoms with Crippen molar-refractivity contribution in [3.63, 3.8) is 0 Å². The first-order chi connectivity index (χ1) is 11.7. The van der Waals surface area contributed by atoms with Crippen molar-refractivity contribution in [2.24, 2.45) is 0 Å². The topological polar surface area (TPSA) is 0 Å². The molecule has 12 heteroatoms. The SMILES string of the molecule is CC(Cl)C(Cl)C(Cl)C(Cl)C(Cl)C(Cl)C(Cl)C(Cl)C(Cl)C(Cl)C(Cl)C(C)Cl. The Labute approximate surface area is 215 Å². The number of hydrogen-bond donors (Lipinski definition) is 0. The van der Waals surface area contributed by atoms with Crippen molar-refractivity contribution in [3.05, 3.63) is 0 Å². The van der Waals surface area contributed by atoms with E-state index in [9.17, 15) is 0 Å². The highest BCUT2D eigenvalue weighted by Gasteiger charge is 2.43. The van der Waals surface area contributed by atoms with Crippen molar-refractivity contribution in [1.82, 2.24) is 0 Å². The fourth-order valence-electron chi connectivity index (χ4n) is 1.91. The summed E-state index contributed by atoms with van der Waals surface area (Å²) in [5.74, 6) is 0. The van der Waals surface area contributed by atoms with Gasteiger partial charge >= 0.3 is 0 Å². The highest BCUT2D eigenvalue weighted by atomic mass is 35.5. The summed E-state index contributed by atoms with van der Waals surface area (Å²) in [4.78, 5) is 0. The second-order valence-electron chi connectivity index (χ2n) is 5.80. The van der Waals surface area contributed by atoms with Crippen molar-refractivity contribution < 1.29 is 0 Å². The van der Waals surface area contributed by atoms with Crippen LogP contribution in [0.2, 0.25) is 0 Å². The number of hydrogen-bond acceptors (Lipinski definition) is 0. The Balaban J connectivity index is 5.03. The summed E-state index contributed by atoms with van der Waals surface area (Å²) < 4.78 is 0. The van der Waals surface area contributed by atoms with E-state index >= 15 is 0 Å². The van der Waals surface area contributed by atoms with Gasteiger partial charge in [-0.3, -0.25) is 0 Å². The van der Waals surface area contributed by atoms with Gasteiger partial charge in [-0.1, -0.05) is 0 Å². The maximum absolute atomic E-state index is 6.36. The van der Waals surface area contributed by atoms with E-state index in [0.717, 1.165) is 0 Å². The van der Waals surface area contributed by atoms with E-state index in [1.54, 1.807) is 13.8 Å². The van der Waals surface area contributed by atoms with Crippen LogP contribution in [0.25, 0.3) is 0 Å². The third kappa shape index (κ3) is 8.55. The van der Waals surface area contributed by atoms with Crippen LogP contribution in [0.4, 0.5) is 0 Å². The average molecular weight is 612 g/mol. The Morgan fingerprint density at radius 1 is 0.269 bits per heavy atom. The summed E-state index contributed by atoms with van der Waals surface area (Å²) in [6.07, 6.45) is 0. The van der Waals surface area contributed by atoms with Gasteiger partial charge in [0.15, 0.2) is 0 Å². The van der Waals surface area contributed by atoms with Crippen LogP contribution in [0.1, 0.15) is 13.8 Å². The molecule has 0 aliphatic rings. The predicted octanol–water partition coefficient (Wildman–Crippen LogP) is 8.32. The Morgan fingerprint density at radius 3 is 0.500 bits per heavy atom. The van der Waals surface area contributed by atoms with Crippen LogP contribution in [0.15, 0.2) is 0 Å². The average Bonchev–Trinajstić information content (AvgIpc) is 2.61. The van der Waals surface area contributed by atoms with Gasteiger partial charge in [-0.2, -0.15) is 0 Å². The van der Waals surface area contributed by atoms with Gasteiger partial charge in [-0.15, -0.1) is 139 Å². The van der Waals surface area contributed by atoms with Crippen LogP contribution in [0, 0.1) is 0 Å². The zero-order chi connectivity index (χ0) is 20.9. The molecule has 0 aromatic carbocycles. The molecule has 0 heterocycles. The van der Waals surface area contributed by atoms with E-state index < -0.39 is 64.5 Å². The molecule has 0 aromatic rings. The molecule has 0 aromatic heterocycles. The Bertz CT molecular complexity index is 358. The Hall–Kier alpha value is 3.48. The second-order valence-corrected chi connectivity index (χ2v) is 12.2. The van der Waals surface area contributed by atoms with Gasteiger partial charge in [0.1, 0.15) is 0 Å². The minimum atomic E-state index is -0.883. The summed E-state index contributed by atoms with van der Waals surface area (Å²) >= 11 is 74.7. The highest BCUT2D eigenvalue weighted by Crippen LogP contribution is 2.37. The lowest BCUT2D eigenvalue weighted by atomic mass is 10.0. The molecule has 0 aliphatic carbocycles. The molecule has 0 amide bonds. The molecular weight excluding hydrogens is 594 g/mol. The molecule has 0 spiro atoms. The molecule has 0 N–H and O–H groups in total. The van der Waals surface area contributed by atoms with Crippen molar-refractivity contribution in [3.8, 4) is 0 Å². The molecule has 12 unspecified atom stereocenters. The summed E-state index contributed by atoms with van der Waals surface area (Å²) in [6, 6.07) is 0. The van der Waals surface area contributed by atoms with E-state index in [2.05, 4.69) is 0 Å². The molecule has 0 aliphatic heterocycles. The smallest absolute Gasteiger partial charge is 0.0693 e. The van der Waals surface area contributed by atoms with Crippen LogP contribution >= 0.6 is 139 Å². The number of alkyl halides is 12. The van der Waals surface area contributed by atoms with Crippen molar-refractivity contribution in [1.29, 1.82) is 0 Å². The minimum Gasteiger partial charge on any atom is -0.122 e. The van der Waals surface area contributed by atoms with Gasteiger partial charge in [-0.25, -0.2) is 0 Å². The molecule has 12 atom stereocenters. The third-order valence-corrected chi connectivity index (χ3v) is 11.2. The molecule has 0 saturated carbocycles. The van der Waals surface area contributed by atoms with Crippen LogP contribution in [0.5, 0.6) is 0 Å². The molecule has 26 heavy (non-hydrogen) atoms. The van der Waals surface area contributed by atoms with E-state index in [1.165, 1.54) is 0 Å². The molecule has 0 fully saturated rings. The van der Waals surface area contributed by atoms with Gasteiger partial charge in [0.25, 0.3) is 0 Å². The van der Waals surface area contributed by atoms with E-state index in [0.29, 0.717) is 0 Å². The number of rotatable bonds is 11. The van der Waals surface area contributed by atoms with Gasteiger partial charge in [0.05, 0.1) is 53.8 Å². The minimum absolute atomic E-state index is 0.423. The lowest BCUT2D eigenvalue weighted by Crippen LogP contribution is -2.47. The quantitative estimate of drug-likeness (QED) is 0.206. The molecule has 0 radical (unpaired) electrons. The highest BCUT2D eigenvalue weighted by molar-refractivity contribution is 6.44. The first-order valence-electron chi connectivity index (χ1n) is 7.44. The summed E-state index contributed by atoms with van der Waals surface area (Å²) in [5, 5.41) is -8.72. The zero-order valence-corrected chi connectivity index (χ0v) is 22.5. The summed E-state index contributed by atoms with van der Waals surface area (Å²) in [7, 11) is 0. The first-order valence-corrected chi connectivity index (χ1v) is 12.7.